The maximum Gasteiger partial charge on any atom is 0.306 e. The molecule has 2 atom stereocenters. The number of hydrogen-bond donors (Lipinski definition) is 1. The summed E-state index contributed by atoms with van der Waals surface area (Å²) >= 11 is 0. The van der Waals surface area contributed by atoms with Crippen LogP contribution in [0.2, 0.25) is 0 Å². The van der Waals surface area contributed by atoms with E-state index in [-0.39, 0.29) is 6.10 Å². The van der Waals surface area contributed by atoms with E-state index in [4.69, 9.17) is 9.47 Å². The van der Waals surface area contributed by atoms with Crippen molar-refractivity contribution < 1.29 is 19.4 Å². The van der Waals surface area contributed by atoms with Crippen LogP contribution in [0.1, 0.15) is 31.2 Å². The van der Waals surface area contributed by atoms with Crippen LogP contribution in [-0.4, -0.2) is 30.9 Å². The molecule has 1 aromatic rings. The van der Waals surface area contributed by atoms with Crippen LogP contribution in [0, 0.1) is 5.92 Å². The smallest absolute Gasteiger partial charge is 0.306 e. The van der Waals surface area contributed by atoms with Gasteiger partial charge in [-0.05, 0) is 49.8 Å². The zero-order valence-electron chi connectivity index (χ0n) is 11.9. The normalized spacial score (nSPS) is 20.4. The van der Waals surface area contributed by atoms with Gasteiger partial charge < -0.3 is 14.6 Å². The lowest BCUT2D eigenvalue weighted by molar-refractivity contribution is -0.143. The largest absolute Gasteiger partial charge is 0.497 e. The molecule has 4 heteroatoms. The number of rotatable bonds is 6. The fraction of sp³-hybridized carbons (Fsp3) is 0.562. The Morgan fingerprint density at radius 2 is 2.35 bits per heavy atom. The first-order valence-corrected chi connectivity index (χ1v) is 7.16. The first kappa shape index (κ1) is 14.9. The van der Waals surface area contributed by atoms with Gasteiger partial charge in [0.25, 0.3) is 0 Å². The molecule has 4 nitrogen and oxygen atoms in total. The molecule has 1 aromatic carbocycles. The van der Waals surface area contributed by atoms with Crippen molar-refractivity contribution in [2.24, 2.45) is 5.92 Å². The van der Waals surface area contributed by atoms with Crippen molar-refractivity contribution in [3.8, 4) is 5.75 Å². The lowest BCUT2D eigenvalue weighted by Gasteiger charge is -2.25. The second-order valence-electron chi connectivity index (χ2n) is 5.32. The predicted molar refractivity (Wildman–Crippen MR) is 76.0 cm³/mol. The minimum Gasteiger partial charge on any atom is -0.497 e. The number of benzene rings is 1. The SMILES string of the molecule is COc1cccc(CC(CC2CCCCO2)C(=O)O)c1. The van der Waals surface area contributed by atoms with Crippen LogP contribution in [0.4, 0.5) is 0 Å². The number of hydrogen-bond acceptors (Lipinski definition) is 3. The van der Waals surface area contributed by atoms with Gasteiger partial charge in [-0.1, -0.05) is 12.1 Å². The van der Waals surface area contributed by atoms with Gasteiger partial charge in [-0.15, -0.1) is 0 Å². The van der Waals surface area contributed by atoms with Crippen molar-refractivity contribution in [1.29, 1.82) is 0 Å². The Kier molecular flexibility index (Phi) is 5.41. The lowest BCUT2D eigenvalue weighted by atomic mass is 9.91. The Morgan fingerprint density at radius 3 is 3.00 bits per heavy atom. The Morgan fingerprint density at radius 1 is 1.50 bits per heavy atom. The Bertz CT molecular complexity index is 438. The molecular formula is C16H22O4. The molecule has 20 heavy (non-hydrogen) atoms. The van der Waals surface area contributed by atoms with E-state index < -0.39 is 11.9 Å². The summed E-state index contributed by atoms with van der Waals surface area (Å²) in [5.74, 6) is -0.382. The Balaban J connectivity index is 1.98. The predicted octanol–water partition coefficient (Wildman–Crippen LogP) is 2.90. The van der Waals surface area contributed by atoms with Crippen molar-refractivity contribution in [3.05, 3.63) is 29.8 Å². The van der Waals surface area contributed by atoms with Gasteiger partial charge in [0.1, 0.15) is 5.75 Å². The molecule has 0 bridgehead atoms. The first-order chi connectivity index (χ1) is 9.69. The van der Waals surface area contributed by atoms with Crippen molar-refractivity contribution in [1.82, 2.24) is 0 Å². The quantitative estimate of drug-likeness (QED) is 0.869. The summed E-state index contributed by atoms with van der Waals surface area (Å²) in [5.41, 5.74) is 0.993. The van der Waals surface area contributed by atoms with Crippen molar-refractivity contribution >= 4 is 5.97 Å². The maximum absolute atomic E-state index is 11.4. The summed E-state index contributed by atoms with van der Waals surface area (Å²) in [6.45, 7) is 0.760. The molecule has 110 valence electrons. The highest BCUT2D eigenvalue weighted by molar-refractivity contribution is 5.70. The Labute approximate surface area is 119 Å². The molecule has 2 rings (SSSR count). The van der Waals surface area contributed by atoms with E-state index in [9.17, 15) is 9.90 Å². The van der Waals surface area contributed by atoms with Gasteiger partial charge in [0.15, 0.2) is 0 Å². The molecule has 1 fully saturated rings. The molecule has 1 saturated heterocycles. The minimum atomic E-state index is -0.748. The second kappa shape index (κ2) is 7.29. The zero-order chi connectivity index (χ0) is 14.4. The van der Waals surface area contributed by atoms with Gasteiger partial charge in [0, 0.05) is 6.61 Å². The lowest BCUT2D eigenvalue weighted by Crippen LogP contribution is -2.27. The molecular weight excluding hydrogens is 256 g/mol. The van der Waals surface area contributed by atoms with Crippen molar-refractivity contribution in [2.45, 2.75) is 38.2 Å². The summed E-state index contributed by atoms with van der Waals surface area (Å²) < 4.78 is 10.8. The number of methoxy groups -OCH3 is 1. The van der Waals surface area contributed by atoms with Crippen LogP contribution in [0.5, 0.6) is 5.75 Å². The second-order valence-corrected chi connectivity index (χ2v) is 5.32. The highest BCUT2D eigenvalue weighted by Gasteiger charge is 2.24. The molecule has 0 aliphatic carbocycles. The van der Waals surface area contributed by atoms with Crippen LogP contribution < -0.4 is 4.74 Å². The van der Waals surface area contributed by atoms with Crippen LogP contribution in [0.25, 0.3) is 0 Å². The molecule has 1 heterocycles. The van der Waals surface area contributed by atoms with Crippen LogP contribution in [-0.2, 0) is 16.0 Å². The third-order valence-electron chi connectivity index (χ3n) is 3.79. The molecule has 0 spiro atoms. The summed E-state index contributed by atoms with van der Waals surface area (Å²) in [6.07, 6.45) is 4.40. The van der Waals surface area contributed by atoms with Crippen molar-refractivity contribution in [3.63, 3.8) is 0 Å². The average molecular weight is 278 g/mol. The van der Waals surface area contributed by atoms with Gasteiger partial charge in [0.05, 0.1) is 19.1 Å². The summed E-state index contributed by atoms with van der Waals surface area (Å²) in [5, 5.41) is 9.40. The third kappa shape index (κ3) is 4.23. The zero-order valence-corrected chi connectivity index (χ0v) is 11.9. The van der Waals surface area contributed by atoms with E-state index in [0.29, 0.717) is 12.8 Å². The van der Waals surface area contributed by atoms with E-state index >= 15 is 0 Å². The molecule has 0 amide bonds. The summed E-state index contributed by atoms with van der Waals surface area (Å²) in [6, 6.07) is 7.60. The van der Waals surface area contributed by atoms with Crippen LogP contribution in [0.3, 0.4) is 0 Å². The average Bonchev–Trinajstić information content (AvgIpc) is 2.48. The first-order valence-electron chi connectivity index (χ1n) is 7.16. The monoisotopic (exact) mass is 278 g/mol. The molecule has 1 aliphatic rings. The molecule has 1 aliphatic heterocycles. The number of carbonyl (C=O) groups is 1. The summed E-state index contributed by atoms with van der Waals surface area (Å²) in [4.78, 5) is 11.4. The van der Waals surface area contributed by atoms with E-state index in [1.807, 2.05) is 24.3 Å². The maximum atomic E-state index is 11.4. The fourth-order valence-corrected chi connectivity index (χ4v) is 2.67. The van der Waals surface area contributed by atoms with Gasteiger partial charge in [-0.2, -0.15) is 0 Å². The fourth-order valence-electron chi connectivity index (χ4n) is 2.67. The number of carboxylic acid groups (broad SMARTS) is 1. The highest BCUT2D eigenvalue weighted by atomic mass is 16.5. The highest BCUT2D eigenvalue weighted by Crippen LogP contribution is 2.24. The van der Waals surface area contributed by atoms with E-state index in [1.54, 1.807) is 7.11 Å². The molecule has 0 radical (unpaired) electrons. The van der Waals surface area contributed by atoms with Crippen LogP contribution in [0.15, 0.2) is 24.3 Å². The van der Waals surface area contributed by atoms with E-state index in [1.165, 1.54) is 0 Å². The number of carboxylic acids is 1. The van der Waals surface area contributed by atoms with Gasteiger partial charge >= 0.3 is 5.97 Å². The minimum absolute atomic E-state index is 0.0930. The van der Waals surface area contributed by atoms with E-state index in [2.05, 4.69) is 0 Å². The number of ether oxygens (including phenoxy) is 2. The molecule has 0 saturated carbocycles. The third-order valence-corrected chi connectivity index (χ3v) is 3.79. The van der Waals surface area contributed by atoms with Gasteiger partial charge in [-0.25, -0.2) is 0 Å². The van der Waals surface area contributed by atoms with E-state index in [0.717, 1.165) is 37.2 Å². The molecule has 0 aromatic heterocycles. The summed E-state index contributed by atoms with van der Waals surface area (Å²) in [7, 11) is 1.61. The molecule has 2 unspecified atom stereocenters. The van der Waals surface area contributed by atoms with Crippen LogP contribution >= 0.6 is 0 Å². The van der Waals surface area contributed by atoms with Gasteiger partial charge in [0.2, 0.25) is 0 Å². The topological polar surface area (TPSA) is 55.8 Å². The Hall–Kier alpha value is -1.55. The van der Waals surface area contributed by atoms with Crippen molar-refractivity contribution in [2.75, 3.05) is 13.7 Å². The standard InChI is InChI=1S/C16H22O4/c1-19-14-7-4-5-12(10-14)9-13(16(17)18)11-15-6-2-3-8-20-15/h4-5,7,10,13,15H,2-3,6,8-9,11H2,1H3,(H,17,18). The van der Waals surface area contributed by atoms with Gasteiger partial charge in [-0.3, -0.25) is 4.79 Å². The number of aliphatic carboxylic acids is 1. The molecule has 1 N–H and O–H groups in total.